The summed E-state index contributed by atoms with van der Waals surface area (Å²) in [5.41, 5.74) is 0. The fourth-order valence-corrected chi connectivity index (χ4v) is 1.86. The molecule has 0 unspecified atom stereocenters. The molecule has 1 saturated carbocycles. The Morgan fingerprint density at radius 3 is 2.85 bits per heavy atom. The number of anilines is 1. The first kappa shape index (κ1) is 8.60. The molecule has 0 atom stereocenters. The predicted octanol–water partition coefficient (Wildman–Crippen LogP) is 2.26. The molecule has 3 heteroatoms. The second-order valence-corrected chi connectivity index (χ2v) is 4.25. The quantitative estimate of drug-likeness (QED) is 0.747. The summed E-state index contributed by atoms with van der Waals surface area (Å²) in [5.74, 6) is 2.65. The van der Waals surface area contributed by atoms with Crippen LogP contribution in [-0.4, -0.2) is 16.0 Å². The first-order valence-electron chi connectivity index (χ1n) is 5.01. The minimum atomic E-state index is 0.638. The maximum atomic E-state index is 4.14. The normalized spacial score (nSPS) is 27.3. The third-order valence-electron chi connectivity index (χ3n) is 2.96. The summed E-state index contributed by atoms with van der Waals surface area (Å²) in [7, 11) is 0. The van der Waals surface area contributed by atoms with Crippen LogP contribution in [0.25, 0.3) is 0 Å². The smallest absolute Gasteiger partial charge is 0.200 e. The van der Waals surface area contributed by atoms with Gasteiger partial charge in [-0.25, -0.2) is 4.98 Å². The molecule has 2 N–H and O–H groups in total. The number of H-pyrrole nitrogens is 1. The highest BCUT2D eigenvalue weighted by Gasteiger charge is 2.31. The van der Waals surface area contributed by atoms with Crippen LogP contribution in [-0.2, 0) is 0 Å². The molecule has 13 heavy (non-hydrogen) atoms. The molecule has 0 radical (unpaired) electrons. The Morgan fingerprint density at radius 1 is 1.54 bits per heavy atom. The van der Waals surface area contributed by atoms with Crippen molar-refractivity contribution in [3.8, 4) is 0 Å². The Labute approximate surface area is 79.0 Å². The number of rotatable bonds is 3. The van der Waals surface area contributed by atoms with Crippen LogP contribution in [0.5, 0.6) is 0 Å². The summed E-state index contributed by atoms with van der Waals surface area (Å²) in [5, 5.41) is 3.38. The van der Waals surface area contributed by atoms with Gasteiger partial charge in [0.1, 0.15) is 0 Å². The van der Waals surface area contributed by atoms with Gasteiger partial charge >= 0.3 is 0 Å². The minimum Gasteiger partial charge on any atom is -0.353 e. The predicted molar refractivity (Wildman–Crippen MR) is 53.6 cm³/mol. The number of hydrogen-bond acceptors (Lipinski definition) is 2. The maximum absolute atomic E-state index is 4.14. The van der Waals surface area contributed by atoms with Crippen LogP contribution in [0.4, 0.5) is 5.95 Å². The van der Waals surface area contributed by atoms with E-state index in [2.05, 4.69) is 29.1 Å². The van der Waals surface area contributed by atoms with Gasteiger partial charge in [0.15, 0.2) is 5.95 Å². The highest BCUT2D eigenvalue weighted by Crippen LogP contribution is 2.34. The molecule has 3 nitrogen and oxygen atoms in total. The molecule has 0 spiro atoms. The largest absolute Gasteiger partial charge is 0.353 e. The van der Waals surface area contributed by atoms with E-state index in [4.69, 9.17) is 0 Å². The summed E-state index contributed by atoms with van der Waals surface area (Å²) < 4.78 is 0. The zero-order chi connectivity index (χ0) is 9.26. The van der Waals surface area contributed by atoms with Crippen molar-refractivity contribution >= 4 is 5.95 Å². The highest BCUT2D eigenvalue weighted by molar-refractivity contribution is 5.26. The lowest BCUT2D eigenvalue weighted by atomic mass is 9.74. The van der Waals surface area contributed by atoms with Gasteiger partial charge in [0.25, 0.3) is 0 Å². The van der Waals surface area contributed by atoms with E-state index < -0.39 is 0 Å². The molecular formula is C10H17N3. The summed E-state index contributed by atoms with van der Waals surface area (Å²) in [4.78, 5) is 7.20. The zero-order valence-electron chi connectivity index (χ0n) is 8.25. The van der Waals surface area contributed by atoms with Crippen molar-refractivity contribution in [1.82, 2.24) is 9.97 Å². The number of imidazole rings is 1. The standard InChI is InChI=1S/C10H17N3/c1-7(2)8-5-9(6-8)13-10-11-3-4-12-10/h3-4,7-9H,5-6H2,1-2H3,(H2,11,12,13). The second kappa shape index (κ2) is 3.40. The van der Waals surface area contributed by atoms with Gasteiger partial charge in [0, 0.05) is 18.4 Å². The van der Waals surface area contributed by atoms with Crippen LogP contribution in [0, 0.1) is 11.8 Å². The lowest BCUT2D eigenvalue weighted by Crippen LogP contribution is -2.38. The van der Waals surface area contributed by atoms with Crippen molar-refractivity contribution in [2.75, 3.05) is 5.32 Å². The molecule has 0 amide bonds. The fraction of sp³-hybridized carbons (Fsp3) is 0.700. The first-order chi connectivity index (χ1) is 6.25. The lowest BCUT2D eigenvalue weighted by molar-refractivity contribution is 0.211. The van der Waals surface area contributed by atoms with Crippen LogP contribution >= 0.6 is 0 Å². The van der Waals surface area contributed by atoms with Crippen molar-refractivity contribution < 1.29 is 0 Å². The van der Waals surface area contributed by atoms with E-state index in [0.717, 1.165) is 17.8 Å². The molecular weight excluding hydrogens is 162 g/mol. The van der Waals surface area contributed by atoms with E-state index in [1.54, 1.807) is 6.20 Å². The molecule has 1 aliphatic carbocycles. The Kier molecular flexibility index (Phi) is 2.25. The number of nitrogens with zero attached hydrogens (tertiary/aromatic N) is 1. The van der Waals surface area contributed by atoms with Crippen LogP contribution in [0.1, 0.15) is 26.7 Å². The minimum absolute atomic E-state index is 0.638. The second-order valence-electron chi connectivity index (χ2n) is 4.25. The molecule has 1 heterocycles. The van der Waals surface area contributed by atoms with Crippen molar-refractivity contribution in [3.63, 3.8) is 0 Å². The van der Waals surface area contributed by atoms with Crippen LogP contribution in [0.2, 0.25) is 0 Å². The Morgan fingerprint density at radius 2 is 2.31 bits per heavy atom. The lowest BCUT2D eigenvalue weighted by Gasteiger charge is -2.38. The van der Waals surface area contributed by atoms with E-state index in [9.17, 15) is 0 Å². The number of hydrogen-bond donors (Lipinski definition) is 2. The first-order valence-corrected chi connectivity index (χ1v) is 5.01. The van der Waals surface area contributed by atoms with Crippen molar-refractivity contribution in [3.05, 3.63) is 12.4 Å². The third kappa shape index (κ3) is 1.85. The molecule has 0 saturated heterocycles. The van der Waals surface area contributed by atoms with Crippen molar-refractivity contribution in [2.24, 2.45) is 11.8 Å². The molecule has 1 aliphatic rings. The molecule has 0 bridgehead atoms. The topological polar surface area (TPSA) is 40.7 Å². The van der Waals surface area contributed by atoms with Crippen LogP contribution in [0.3, 0.4) is 0 Å². The number of aromatic amines is 1. The summed E-state index contributed by atoms with van der Waals surface area (Å²) in [6.45, 7) is 4.60. The number of aromatic nitrogens is 2. The third-order valence-corrected chi connectivity index (χ3v) is 2.96. The van der Waals surface area contributed by atoms with Gasteiger partial charge in [-0.1, -0.05) is 13.8 Å². The average molecular weight is 179 g/mol. The summed E-state index contributed by atoms with van der Waals surface area (Å²) in [6.07, 6.45) is 6.21. The zero-order valence-corrected chi connectivity index (χ0v) is 8.25. The highest BCUT2D eigenvalue weighted by atomic mass is 15.1. The Hall–Kier alpha value is -0.990. The monoisotopic (exact) mass is 179 g/mol. The van der Waals surface area contributed by atoms with Gasteiger partial charge in [-0.3, -0.25) is 0 Å². The van der Waals surface area contributed by atoms with Gasteiger partial charge in [-0.05, 0) is 24.7 Å². The van der Waals surface area contributed by atoms with E-state index in [1.807, 2.05) is 6.20 Å². The SMILES string of the molecule is CC(C)C1CC(Nc2ncc[nH]2)C1. The molecule has 0 aliphatic heterocycles. The van der Waals surface area contributed by atoms with Gasteiger partial charge in [-0.15, -0.1) is 0 Å². The molecule has 1 fully saturated rings. The van der Waals surface area contributed by atoms with Crippen molar-refractivity contribution in [2.45, 2.75) is 32.7 Å². The molecule has 2 rings (SSSR count). The van der Waals surface area contributed by atoms with E-state index in [0.29, 0.717) is 6.04 Å². The van der Waals surface area contributed by atoms with E-state index >= 15 is 0 Å². The molecule has 0 aromatic carbocycles. The van der Waals surface area contributed by atoms with Gasteiger partial charge in [0.05, 0.1) is 0 Å². The average Bonchev–Trinajstić information content (AvgIpc) is 2.46. The van der Waals surface area contributed by atoms with E-state index in [-0.39, 0.29) is 0 Å². The van der Waals surface area contributed by atoms with Gasteiger partial charge < -0.3 is 10.3 Å². The van der Waals surface area contributed by atoms with Crippen LogP contribution in [0.15, 0.2) is 12.4 Å². The van der Waals surface area contributed by atoms with Gasteiger partial charge in [-0.2, -0.15) is 0 Å². The van der Waals surface area contributed by atoms with Crippen LogP contribution < -0.4 is 5.32 Å². The molecule has 1 aromatic rings. The molecule has 1 aromatic heterocycles. The Balaban J connectivity index is 1.76. The molecule has 72 valence electrons. The van der Waals surface area contributed by atoms with Gasteiger partial charge in [0.2, 0.25) is 0 Å². The number of nitrogens with one attached hydrogen (secondary N) is 2. The summed E-state index contributed by atoms with van der Waals surface area (Å²) in [6, 6.07) is 0.638. The van der Waals surface area contributed by atoms with Crippen molar-refractivity contribution in [1.29, 1.82) is 0 Å². The Bertz CT molecular complexity index is 247. The maximum Gasteiger partial charge on any atom is 0.200 e. The fourth-order valence-electron chi connectivity index (χ4n) is 1.86. The summed E-state index contributed by atoms with van der Waals surface area (Å²) >= 11 is 0. The van der Waals surface area contributed by atoms with E-state index in [1.165, 1.54) is 12.8 Å².